The van der Waals surface area contributed by atoms with Gasteiger partial charge in [-0.15, -0.1) is 0 Å². The number of carbonyl (C=O) groups excluding carboxylic acids is 3. The van der Waals surface area contributed by atoms with Crippen LogP contribution in [-0.4, -0.2) is 29.3 Å². The fraction of sp³-hybridized carbons (Fsp3) is 0.136. The summed E-state index contributed by atoms with van der Waals surface area (Å²) >= 11 is 2.11. The number of hydrogen-bond acceptors (Lipinski definition) is 3. The van der Waals surface area contributed by atoms with Gasteiger partial charge in [0.25, 0.3) is 5.91 Å². The van der Waals surface area contributed by atoms with Gasteiger partial charge in [-0.1, -0.05) is 54.6 Å². The topological polar surface area (TPSA) is 78.5 Å². The third-order valence-corrected chi connectivity index (χ3v) is 5.99. The van der Waals surface area contributed by atoms with E-state index in [1.54, 1.807) is 13.0 Å². The summed E-state index contributed by atoms with van der Waals surface area (Å²) in [6, 6.07) is 20.1. The van der Waals surface area contributed by atoms with E-state index in [9.17, 15) is 14.4 Å². The molecule has 1 unspecified atom stereocenters. The highest BCUT2D eigenvalue weighted by Crippen LogP contribution is 2.33. The first kappa shape index (κ1) is 19.4. The van der Waals surface area contributed by atoms with Crippen LogP contribution in [0.5, 0.6) is 0 Å². The second-order valence-corrected chi connectivity index (χ2v) is 8.16. The van der Waals surface area contributed by atoms with Crippen LogP contribution < -0.4 is 10.6 Å². The number of anilines is 1. The lowest BCUT2D eigenvalue weighted by molar-refractivity contribution is -0.133. The van der Waals surface area contributed by atoms with Crippen molar-refractivity contribution >= 4 is 56.9 Å². The molecule has 3 aromatic rings. The molecule has 0 bridgehead atoms. The molecular formula is C22H18IN3O3. The molecular weight excluding hydrogens is 481 g/mol. The monoisotopic (exact) mass is 499 g/mol. The van der Waals surface area contributed by atoms with Crippen LogP contribution in [0, 0.1) is 3.57 Å². The molecule has 1 heterocycles. The smallest absolute Gasteiger partial charge is 0.324 e. The molecule has 0 aromatic heterocycles. The predicted molar refractivity (Wildman–Crippen MR) is 119 cm³/mol. The van der Waals surface area contributed by atoms with E-state index in [2.05, 4.69) is 33.2 Å². The molecule has 4 rings (SSSR count). The van der Waals surface area contributed by atoms with Crippen LogP contribution >= 0.6 is 22.6 Å². The third-order valence-electron chi connectivity index (χ3n) is 5.05. The van der Waals surface area contributed by atoms with E-state index in [4.69, 9.17) is 0 Å². The number of para-hydroxylation sites is 1. The molecule has 1 saturated heterocycles. The van der Waals surface area contributed by atoms with Crippen molar-refractivity contribution in [2.24, 2.45) is 0 Å². The molecule has 7 heteroatoms. The normalized spacial score (nSPS) is 18.8. The van der Waals surface area contributed by atoms with Gasteiger partial charge in [-0.2, -0.15) is 0 Å². The second-order valence-electron chi connectivity index (χ2n) is 7.00. The summed E-state index contributed by atoms with van der Waals surface area (Å²) < 4.78 is 0.872. The Morgan fingerprint density at radius 3 is 2.52 bits per heavy atom. The van der Waals surface area contributed by atoms with E-state index >= 15 is 0 Å². The van der Waals surface area contributed by atoms with Crippen molar-refractivity contribution in [1.82, 2.24) is 10.2 Å². The Bertz CT molecular complexity index is 1140. The number of benzene rings is 3. The fourth-order valence-corrected chi connectivity index (χ4v) is 4.10. The molecule has 4 amide bonds. The van der Waals surface area contributed by atoms with Gasteiger partial charge in [0.05, 0.1) is 5.69 Å². The van der Waals surface area contributed by atoms with E-state index in [0.717, 1.165) is 19.2 Å². The molecule has 2 N–H and O–H groups in total. The quantitative estimate of drug-likeness (QED) is 0.423. The van der Waals surface area contributed by atoms with Crippen molar-refractivity contribution in [2.75, 3.05) is 11.9 Å². The highest BCUT2D eigenvalue weighted by molar-refractivity contribution is 14.1. The van der Waals surface area contributed by atoms with Gasteiger partial charge in [0, 0.05) is 3.57 Å². The van der Waals surface area contributed by atoms with Gasteiger partial charge in [0.1, 0.15) is 12.1 Å². The van der Waals surface area contributed by atoms with Gasteiger partial charge in [0.15, 0.2) is 0 Å². The molecule has 29 heavy (non-hydrogen) atoms. The van der Waals surface area contributed by atoms with E-state index in [-0.39, 0.29) is 6.54 Å². The molecule has 1 aliphatic rings. The van der Waals surface area contributed by atoms with Gasteiger partial charge in [-0.25, -0.2) is 4.79 Å². The predicted octanol–water partition coefficient (Wildman–Crippen LogP) is 3.85. The van der Waals surface area contributed by atoms with Gasteiger partial charge >= 0.3 is 6.03 Å². The zero-order valence-electron chi connectivity index (χ0n) is 15.6. The fourth-order valence-electron chi connectivity index (χ4n) is 3.58. The molecule has 6 nitrogen and oxygen atoms in total. The Morgan fingerprint density at radius 1 is 1.03 bits per heavy atom. The first-order chi connectivity index (χ1) is 13.9. The number of nitrogens with zero attached hydrogens (tertiary/aromatic N) is 1. The molecule has 0 aliphatic carbocycles. The van der Waals surface area contributed by atoms with Crippen molar-refractivity contribution in [1.29, 1.82) is 0 Å². The lowest BCUT2D eigenvalue weighted by Gasteiger charge is -2.24. The average molecular weight is 499 g/mol. The lowest BCUT2D eigenvalue weighted by Crippen LogP contribution is -2.42. The summed E-state index contributed by atoms with van der Waals surface area (Å²) in [6.07, 6.45) is 0. The summed E-state index contributed by atoms with van der Waals surface area (Å²) in [4.78, 5) is 39.2. The van der Waals surface area contributed by atoms with Crippen LogP contribution in [0.4, 0.5) is 10.5 Å². The van der Waals surface area contributed by atoms with Gasteiger partial charge in [-0.3, -0.25) is 14.5 Å². The second kappa shape index (κ2) is 7.47. The number of amides is 4. The van der Waals surface area contributed by atoms with Gasteiger partial charge < -0.3 is 10.6 Å². The van der Waals surface area contributed by atoms with Crippen LogP contribution in [0.25, 0.3) is 10.8 Å². The van der Waals surface area contributed by atoms with Crippen molar-refractivity contribution in [3.05, 3.63) is 75.9 Å². The molecule has 1 atom stereocenters. The number of rotatable bonds is 4. The van der Waals surface area contributed by atoms with E-state index in [1.807, 2.05) is 60.7 Å². The maximum absolute atomic E-state index is 13.2. The average Bonchev–Trinajstić information content (AvgIpc) is 2.93. The molecule has 0 radical (unpaired) electrons. The van der Waals surface area contributed by atoms with E-state index in [0.29, 0.717) is 11.3 Å². The number of nitrogens with one attached hydrogen (secondary N) is 2. The Hall–Kier alpha value is -2.94. The van der Waals surface area contributed by atoms with Crippen LogP contribution in [0.3, 0.4) is 0 Å². The maximum atomic E-state index is 13.2. The zero-order chi connectivity index (χ0) is 20.6. The number of hydrogen-bond donors (Lipinski definition) is 2. The van der Waals surface area contributed by atoms with Crippen LogP contribution in [0.15, 0.2) is 66.7 Å². The maximum Gasteiger partial charge on any atom is 0.325 e. The summed E-state index contributed by atoms with van der Waals surface area (Å²) in [6.45, 7) is 1.32. The van der Waals surface area contributed by atoms with Crippen LogP contribution in [0.1, 0.15) is 12.5 Å². The van der Waals surface area contributed by atoms with Crippen molar-refractivity contribution in [2.45, 2.75) is 12.5 Å². The zero-order valence-corrected chi connectivity index (χ0v) is 17.8. The molecule has 3 aromatic carbocycles. The van der Waals surface area contributed by atoms with Gasteiger partial charge in [0.2, 0.25) is 5.91 Å². The summed E-state index contributed by atoms with van der Waals surface area (Å²) in [7, 11) is 0. The lowest BCUT2D eigenvalue weighted by atomic mass is 9.88. The van der Waals surface area contributed by atoms with E-state index < -0.39 is 23.4 Å². The Labute approximate surface area is 181 Å². The number of carbonyl (C=O) groups is 3. The number of imide groups is 1. The molecule has 0 spiro atoms. The number of fused-ring (bicyclic) bond motifs is 1. The number of halogens is 1. The summed E-state index contributed by atoms with van der Waals surface area (Å²) in [5, 5.41) is 7.39. The minimum atomic E-state index is -1.24. The molecule has 146 valence electrons. The van der Waals surface area contributed by atoms with Crippen molar-refractivity contribution < 1.29 is 14.4 Å². The van der Waals surface area contributed by atoms with Crippen molar-refractivity contribution in [3.8, 4) is 0 Å². The summed E-state index contributed by atoms with van der Waals surface area (Å²) in [5.74, 6) is -0.878. The molecule has 0 saturated carbocycles. The highest BCUT2D eigenvalue weighted by Gasteiger charge is 2.50. The highest BCUT2D eigenvalue weighted by atomic mass is 127. The minimum Gasteiger partial charge on any atom is -0.324 e. The first-order valence-corrected chi connectivity index (χ1v) is 10.1. The van der Waals surface area contributed by atoms with Gasteiger partial charge in [-0.05, 0) is 58.0 Å². The third kappa shape index (κ3) is 3.46. The Balaban J connectivity index is 1.60. The number of urea groups is 1. The first-order valence-electron chi connectivity index (χ1n) is 9.07. The molecule has 1 aliphatic heterocycles. The van der Waals surface area contributed by atoms with Crippen molar-refractivity contribution in [3.63, 3.8) is 0 Å². The molecule has 1 fully saturated rings. The standard InChI is InChI=1S/C22H18IN3O3/c1-22(16-10-6-8-14-7-2-3-9-15(14)16)20(28)26(21(29)25-22)13-19(27)24-18-12-5-4-11-17(18)23/h2-12H,13H2,1H3,(H,24,27)(H,25,29). The SMILES string of the molecule is CC1(c2cccc3ccccc23)NC(=O)N(CC(=O)Nc2ccccc2I)C1=O. The summed E-state index contributed by atoms with van der Waals surface area (Å²) in [5.41, 5.74) is 0.107. The van der Waals surface area contributed by atoms with Crippen LogP contribution in [-0.2, 0) is 15.1 Å². The largest absolute Gasteiger partial charge is 0.325 e. The van der Waals surface area contributed by atoms with Crippen LogP contribution in [0.2, 0.25) is 0 Å². The van der Waals surface area contributed by atoms with E-state index in [1.165, 1.54) is 0 Å². The minimum absolute atomic E-state index is 0.351. The Kier molecular flexibility index (Phi) is 4.99. The Morgan fingerprint density at radius 2 is 1.72 bits per heavy atom.